The molecule has 0 radical (unpaired) electrons. The Morgan fingerprint density at radius 2 is 1.75 bits per heavy atom. The molecule has 1 amide bonds. The van der Waals surface area contributed by atoms with E-state index in [2.05, 4.69) is 10.5 Å². The lowest BCUT2D eigenvalue weighted by atomic mass is 10.3. The van der Waals surface area contributed by atoms with Crippen molar-refractivity contribution < 1.29 is 50.6 Å². The number of aryl methyl sites for hydroxylation is 1. The lowest BCUT2D eigenvalue weighted by molar-refractivity contribution is -0.192. The topological polar surface area (TPSA) is 241 Å². The molecule has 1 heterocycles. The number of hydrogen-bond acceptors (Lipinski definition) is 10. The number of carbonyl (C=O) groups is 2. The molecule has 0 bridgehead atoms. The summed E-state index contributed by atoms with van der Waals surface area (Å²) in [6.45, 7) is 1.10. The van der Waals surface area contributed by atoms with Crippen molar-refractivity contribution in [3.8, 4) is 11.5 Å². The normalized spacial score (nSPS) is 10.9. The molecular weight excluding hydrogens is 569 g/mol. The van der Waals surface area contributed by atoms with Gasteiger partial charge in [-0.05, 0) is 30.3 Å². The number of ether oxygens (including phenoxy) is 2. The third-order valence-electron chi connectivity index (χ3n) is 4.65. The molecule has 0 spiro atoms. The number of alkyl halides is 3. The predicted octanol–water partition coefficient (Wildman–Crippen LogP) is -0.457. The number of guanidine groups is 1. The van der Waals surface area contributed by atoms with E-state index in [4.69, 9.17) is 41.4 Å². The zero-order chi connectivity index (χ0) is 30.8. The number of aromatic nitrogens is 1. The minimum Gasteiger partial charge on any atom is -0.497 e. The monoisotopic (exact) mass is 596 g/mol. The first-order valence-corrected chi connectivity index (χ1v) is 12.2. The molecule has 40 heavy (non-hydrogen) atoms. The molecule has 0 saturated carbocycles. The number of nitrogens with zero attached hydrogens (tertiary/aromatic N) is 2. The van der Waals surface area contributed by atoms with Gasteiger partial charge in [0.15, 0.2) is 4.90 Å². The van der Waals surface area contributed by atoms with Gasteiger partial charge >= 0.3 is 12.1 Å². The van der Waals surface area contributed by atoms with Crippen molar-refractivity contribution in [2.45, 2.75) is 29.4 Å². The van der Waals surface area contributed by atoms with Crippen LogP contribution in [0.1, 0.15) is 5.69 Å². The van der Waals surface area contributed by atoms with Crippen LogP contribution in [0.3, 0.4) is 0 Å². The number of nitrogens with one attached hydrogen (secondary N) is 1. The van der Waals surface area contributed by atoms with Gasteiger partial charge in [0.1, 0.15) is 29.5 Å². The summed E-state index contributed by atoms with van der Waals surface area (Å²) in [6.07, 6.45) is -5.08. The summed E-state index contributed by atoms with van der Waals surface area (Å²) < 4.78 is 69.8. The molecule has 0 aliphatic carbocycles. The second-order valence-corrected chi connectivity index (χ2v) is 9.34. The molecule has 0 aliphatic heterocycles. The number of oxime groups is 1. The molecule has 2 aromatic rings. The minimum atomic E-state index is -5.08. The van der Waals surface area contributed by atoms with E-state index in [0.29, 0.717) is 5.69 Å². The van der Waals surface area contributed by atoms with Gasteiger partial charge in [0, 0.05) is 11.8 Å². The SMILES string of the molecule is COc1ccc(OC)c(S(=O)(=O)c2c(N)cc(C)n(CC(=O)NCCON=C(N)N)c2=O)c1.O=C(O)C(F)(F)F. The molecule has 19 heteroatoms. The van der Waals surface area contributed by atoms with Crippen LogP contribution in [0.15, 0.2) is 44.0 Å². The van der Waals surface area contributed by atoms with Gasteiger partial charge in [-0.3, -0.25) is 9.59 Å². The molecule has 8 N–H and O–H groups in total. The molecule has 222 valence electrons. The lowest BCUT2D eigenvalue weighted by Crippen LogP contribution is -2.37. The molecule has 0 saturated heterocycles. The Hall–Kier alpha value is -4.68. The highest BCUT2D eigenvalue weighted by Gasteiger charge is 2.38. The van der Waals surface area contributed by atoms with Crippen LogP contribution in [0.25, 0.3) is 0 Å². The number of benzene rings is 1. The number of carboxylic acids is 1. The Bertz CT molecular complexity index is 1420. The second-order valence-electron chi connectivity index (χ2n) is 7.48. The van der Waals surface area contributed by atoms with Gasteiger partial charge in [0.25, 0.3) is 5.56 Å². The van der Waals surface area contributed by atoms with Crippen LogP contribution in [0.5, 0.6) is 11.5 Å². The minimum absolute atomic E-state index is 0.000225. The molecule has 1 aromatic heterocycles. The van der Waals surface area contributed by atoms with Crippen molar-refractivity contribution in [3.05, 3.63) is 40.3 Å². The Morgan fingerprint density at radius 3 is 2.25 bits per heavy atom. The van der Waals surface area contributed by atoms with E-state index in [1.165, 1.54) is 45.4 Å². The van der Waals surface area contributed by atoms with E-state index in [9.17, 15) is 31.2 Å². The summed E-state index contributed by atoms with van der Waals surface area (Å²) in [5, 5.41) is 12.9. The number of halogens is 3. The summed E-state index contributed by atoms with van der Waals surface area (Å²) in [7, 11) is -1.78. The number of nitrogens with two attached hydrogens (primary N) is 3. The quantitative estimate of drug-likeness (QED) is 0.101. The van der Waals surface area contributed by atoms with Crippen LogP contribution in [0, 0.1) is 6.92 Å². The Balaban J connectivity index is 0.00000101. The highest BCUT2D eigenvalue weighted by molar-refractivity contribution is 7.91. The first-order valence-electron chi connectivity index (χ1n) is 10.7. The van der Waals surface area contributed by atoms with E-state index in [-0.39, 0.29) is 41.2 Å². The van der Waals surface area contributed by atoms with Gasteiger partial charge in [-0.1, -0.05) is 0 Å². The van der Waals surface area contributed by atoms with Crippen LogP contribution < -0.4 is 37.6 Å². The smallest absolute Gasteiger partial charge is 0.490 e. The number of hydrogen-bond donors (Lipinski definition) is 5. The van der Waals surface area contributed by atoms with E-state index in [0.717, 1.165) is 4.57 Å². The number of nitrogen functional groups attached to an aromatic ring is 1. The summed E-state index contributed by atoms with van der Waals surface area (Å²) in [5.41, 5.74) is 15.2. The highest BCUT2D eigenvalue weighted by atomic mass is 32.2. The molecule has 15 nitrogen and oxygen atoms in total. The van der Waals surface area contributed by atoms with Crippen molar-refractivity contribution in [2.75, 3.05) is 33.1 Å². The van der Waals surface area contributed by atoms with Crippen LogP contribution in [-0.2, 0) is 30.8 Å². The average Bonchev–Trinajstić information content (AvgIpc) is 2.85. The van der Waals surface area contributed by atoms with Gasteiger partial charge < -0.3 is 46.5 Å². The first kappa shape index (κ1) is 33.3. The summed E-state index contributed by atoms with van der Waals surface area (Å²) in [6, 6.07) is 5.43. The highest BCUT2D eigenvalue weighted by Crippen LogP contribution is 2.33. The Kier molecular flexibility index (Phi) is 11.6. The summed E-state index contributed by atoms with van der Waals surface area (Å²) in [4.78, 5) is 38.1. The zero-order valence-electron chi connectivity index (χ0n) is 21.3. The number of rotatable bonds is 10. The van der Waals surface area contributed by atoms with Crippen LogP contribution >= 0.6 is 0 Å². The number of methoxy groups -OCH3 is 2. The number of carbonyl (C=O) groups excluding carboxylic acids is 1. The fourth-order valence-electron chi connectivity index (χ4n) is 2.90. The van der Waals surface area contributed by atoms with Gasteiger partial charge in [0.2, 0.25) is 21.7 Å². The van der Waals surface area contributed by atoms with Gasteiger partial charge in [-0.2, -0.15) is 13.2 Å². The van der Waals surface area contributed by atoms with Crippen molar-refractivity contribution in [1.82, 2.24) is 9.88 Å². The third-order valence-corrected chi connectivity index (χ3v) is 6.50. The maximum Gasteiger partial charge on any atom is 0.490 e. The maximum atomic E-state index is 13.4. The first-order chi connectivity index (χ1) is 18.5. The van der Waals surface area contributed by atoms with E-state index in [1.54, 1.807) is 0 Å². The maximum absolute atomic E-state index is 13.4. The second kappa shape index (κ2) is 13.9. The molecule has 0 atom stereocenters. The van der Waals surface area contributed by atoms with E-state index >= 15 is 0 Å². The number of sulfone groups is 1. The van der Waals surface area contributed by atoms with Crippen molar-refractivity contribution in [3.63, 3.8) is 0 Å². The number of anilines is 1. The van der Waals surface area contributed by atoms with Crippen LogP contribution in [0.2, 0.25) is 0 Å². The van der Waals surface area contributed by atoms with Crippen LogP contribution in [-0.4, -0.2) is 69.5 Å². The summed E-state index contributed by atoms with van der Waals surface area (Å²) in [5.74, 6) is -3.36. The lowest BCUT2D eigenvalue weighted by Gasteiger charge is -2.16. The Morgan fingerprint density at radius 1 is 1.15 bits per heavy atom. The number of aliphatic carboxylic acids is 1. The molecule has 1 aromatic carbocycles. The molecule has 0 fully saturated rings. The van der Waals surface area contributed by atoms with E-state index < -0.39 is 44.9 Å². The van der Waals surface area contributed by atoms with Crippen molar-refractivity contribution in [1.29, 1.82) is 0 Å². The standard InChI is InChI=1S/C19H26N6O7S.C2HF3O2/c1-11-8-13(20)17(33(28,29)15-9-12(30-2)4-5-14(15)31-3)18(27)25(11)10-16(26)23-6-7-32-24-19(21)22;3-2(4,5)1(6)7/h4-5,8-9H,6-7,10,20H2,1-3H3,(H,23,26)(H4,21,22,24);(H,6,7). The van der Waals surface area contributed by atoms with Crippen molar-refractivity contribution in [2.24, 2.45) is 16.6 Å². The number of pyridine rings is 1. The van der Waals surface area contributed by atoms with Gasteiger partial charge in [-0.15, -0.1) is 0 Å². The van der Waals surface area contributed by atoms with Crippen LogP contribution in [0.4, 0.5) is 18.9 Å². The van der Waals surface area contributed by atoms with Gasteiger partial charge in [-0.25, -0.2) is 13.2 Å². The largest absolute Gasteiger partial charge is 0.497 e. The number of carboxylic acid groups (broad SMARTS) is 1. The summed E-state index contributed by atoms with van der Waals surface area (Å²) >= 11 is 0. The fourth-order valence-corrected chi connectivity index (χ4v) is 4.52. The number of amides is 1. The molecule has 0 aliphatic rings. The van der Waals surface area contributed by atoms with Gasteiger partial charge in [0.05, 0.1) is 26.5 Å². The fraction of sp³-hybridized carbons (Fsp3) is 0.333. The molecule has 2 rings (SSSR count). The predicted molar refractivity (Wildman–Crippen MR) is 133 cm³/mol. The van der Waals surface area contributed by atoms with E-state index in [1.807, 2.05) is 0 Å². The Labute approximate surface area is 225 Å². The third kappa shape index (κ3) is 8.96. The average molecular weight is 597 g/mol. The molecule has 0 unspecified atom stereocenters. The zero-order valence-corrected chi connectivity index (χ0v) is 22.1. The molecular formula is C21H27F3N6O9S. The van der Waals surface area contributed by atoms with Crippen molar-refractivity contribution >= 4 is 33.4 Å².